The number of anilines is 1. The summed E-state index contributed by atoms with van der Waals surface area (Å²) in [6.45, 7) is 4.97. The predicted octanol–water partition coefficient (Wildman–Crippen LogP) is 4.65. The van der Waals surface area contributed by atoms with E-state index in [-0.39, 0.29) is 23.4 Å². The van der Waals surface area contributed by atoms with Gasteiger partial charge in [0.1, 0.15) is 11.6 Å². The maximum Gasteiger partial charge on any atom is 0.416 e. The molecule has 0 saturated carbocycles. The molecule has 160 valence electrons. The molecule has 0 amide bonds. The van der Waals surface area contributed by atoms with E-state index >= 15 is 0 Å². The Morgan fingerprint density at radius 1 is 1.27 bits per heavy atom. The van der Waals surface area contributed by atoms with Gasteiger partial charge in [0.15, 0.2) is 5.58 Å². The van der Waals surface area contributed by atoms with Crippen molar-refractivity contribution < 1.29 is 27.1 Å². The van der Waals surface area contributed by atoms with E-state index in [2.05, 4.69) is 27.1 Å². The summed E-state index contributed by atoms with van der Waals surface area (Å²) in [5.41, 5.74) is -1.23. The molecule has 1 fully saturated rings. The Hall–Kier alpha value is -2.88. The van der Waals surface area contributed by atoms with E-state index in [4.69, 9.17) is 4.42 Å². The van der Waals surface area contributed by atoms with Crippen LogP contribution in [0.3, 0.4) is 0 Å². The fourth-order valence-electron chi connectivity index (χ4n) is 3.66. The van der Waals surface area contributed by atoms with Crippen LogP contribution in [0.1, 0.15) is 25.3 Å². The molecule has 1 atom stereocenters. The zero-order valence-corrected chi connectivity index (χ0v) is 16.1. The van der Waals surface area contributed by atoms with E-state index in [0.29, 0.717) is 17.7 Å². The molecule has 6 nitrogen and oxygen atoms in total. The number of phenolic OH excluding ortho intramolecular Hbond substituents is 1. The van der Waals surface area contributed by atoms with Gasteiger partial charge in [-0.25, -0.2) is 9.37 Å². The van der Waals surface area contributed by atoms with Crippen LogP contribution in [0.5, 0.6) is 5.75 Å². The number of rotatable bonds is 4. The zero-order valence-electron chi connectivity index (χ0n) is 16.1. The summed E-state index contributed by atoms with van der Waals surface area (Å²) in [7, 11) is 0. The van der Waals surface area contributed by atoms with Crippen molar-refractivity contribution >= 4 is 17.2 Å². The topological polar surface area (TPSA) is 74.4 Å². The summed E-state index contributed by atoms with van der Waals surface area (Å²) >= 11 is 0. The normalized spacial score (nSPS) is 18.1. The molecule has 0 aliphatic carbocycles. The molecule has 0 spiro atoms. The zero-order chi connectivity index (χ0) is 21.5. The maximum absolute atomic E-state index is 14.4. The predicted molar refractivity (Wildman–Crippen MR) is 103 cm³/mol. The summed E-state index contributed by atoms with van der Waals surface area (Å²) in [6, 6.07) is 4.10. The van der Waals surface area contributed by atoms with Crippen LogP contribution in [-0.4, -0.2) is 45.7 Å². The highest BCUT2D eigenvalue weighted by atomic mass is 19.4. The first-order valence-electron chi connectivity index (χ1n) is 9.61. The third-order valence-electron chi connectivity index (χ3n) is 5.19. The molecule has 1 aliphatic heterocycles. The Balaban J connectivity index is 1.62. The number of hydrogen-bond acceptors (Lipinski definition) is 6. The van der Waals surface area contributed by atoms with Gasteiger partial charge in [-0.2, -0.15) is 18.2 Å². The van der Waals surface area contributed by atoms with Gasteiger partial charge in [-0.15, -0.1) is 0 Å². The number of aromatic hydroxyl groups is 1. The Morgan fingerprint density at radius 2 is 2.07 bits per heavy atom. The van der Waals surface area contributed by atoms with Gasteiger partial charge in [0, 0.05) is 12.6 Å². The number of aromatic nitrogens is 2. The lowest BCUT2D eigenvalue weighted by atomic mass is 10.1. The van der Waals surface area contributed by atoms with Crippen molar-refractivity contribution in [2.75, 3.05) is 25.0 Å². The Bertz CT molecular complexity index is 1040. The number of likely N-dealkylation sites (N-methyl/N-ethyl adjacent to an activating group) is 1. The lowest BCUT2D eigenvalue weighted by Crippen LogP contribution is -2.41. The molecular formula is C20H20F4N4O2. The molecular weight excluding hydrogens is 404 g/mol. The molecule has 0 unspecified atom stereocenters. The van der Waals surface area contributed by atoms with Gasteiger partial charge < -0.3 is 19.7 Å². The van der Waals surface area contributed by atoms with E-state index < -0.39 is 28.9 Å². The Morgan fingerprint density at radius 3 is 2.77 bits per heavy atom. The number of phenols is 1. The van der Waals surface area contributed by atoms with Crippen LogP contribution in [0.4, 0.5) is 23.6 Å². The van der Waals surface area contributed by atoms with E-state index in [1.807, 2.05) is 0 Å². The van der Waals surface area contributed by atoms with Crippen LogP contribution in [-0.2, 0) is 6.18 Å². The summed E-state index contributed by atoms with van der Waals surface area (Å²) in [5, 5.41) is 13.2. The first kappa shape index (κ1) is 20.4. The number of nitrogens with zero attached hydrogens (tertiary/aromatic N) is 3. The smallest absolute Gasteiger partial charge is 0.416 e. The summed E-state index contributed by atoms with van der Waals surface area (Å²) in [6.07, 6.45) is -2.74. The third kappa shape index (κ3) is 4.04. The minimum atomic E-state index is -4.77. The number of nitrogens with one attached hydrogen (secondary N) is 1. The number of halogens is 4. The summed E-state index contributed by atoms with van der Waals surface area (Å²) in [4.78, 5) is 10.8. The monoisotopic (exact) mass is 424 g/mol. The first-order chi connectivity index (χ1) is 14.2. The number of fused-ring (bicyclic) bond motifs is 1. The van der Waals surface area contributed by atoms with Gasteiger partial charge in [-0.05, 0) is 50.2 Å². The van der Waals surface area contributed by atoms with Crippen molar-refractivity contribution in [3.63, 3.8) is 0 Å². The molecule has 4 rings (SSSR count). The molecule has 3 aromatic rings. The van der Waals surface area contributed by atoms with Crippen LogP contribution >= 0.6 is 0 Å². The third-order valence-corrected chi connectivity index (χ3v) is 5.19. The lowest BCUT2D eigenvalue weighted by Gasteiger charge is -2.31. The number of hydrogen-bond donors (Lipinski definition) is 2. The van der Waals surface area contributed by atoms with Gasteiger partial charge >= 0.3 is 6.18 Å². The standard InChI is InChI=1S/C20H20F4N4O2/c1-2-28-7-3-4-12(10-28)25-19-27-18-16(30-19)6-5-14(26-18)17-13(21)8-11(9-15(17)29)20(22,23)24/h5-6,8-9,12,29H,2-4,7,10H2,1H3,(H,25,26,27)/t12-/m1/s1. The van der Waals surface area contributed by atoms with E-state index in [1.54, 1.807) is 0 Å². The van der Waals surface area contributed by atoms with Crippen LogP contribution in [0.2, 0.25) is 0 Å². The van der Waals surface area contributed by atoms with Crippen molar-refractivity contribution in [3.8, 4) is 17.0 Å². The van der Waals surface area contributed by atoms with Crippen molar-refractivity contribution in [2.24, 2.45) is 0 Å². The molecule has 1 aromatic carbocycles. The van der Waals surface area contributed by atoms with Gasteiger partial charge in [0.05, 0.1) is 16.8 Å². The highest BCUT2D eigenvalue weighted by Crippen LogP contribution is 2.38. The van der Waals surface area contributed by atoms with Crippen LogP contribution in [0.25, 0.3) is 22.5 Å². The van der Waals surface area contributed by atoms with Gasteiger partial charge in [0.2, 0.25) is 5.65 Å². The molecule has 0 bridgehead atoms. The van der Waals surface area contributed by atoms with Crippen LogP contribution in [0, 0.1) is 5.82 Å². The fourth-order valence-corrected chi connectivity index (χ4v) is 3.66. The van der Waals surface area contributed by atoms with Gasteiger partial charge in [-0.3, -0.25) is 0 Å². The highest BCUT2D eigenvalue weighted by Gasteiger charge is 2.33. The second-order valence-electron chi connectivity index (χ2n) is 7.26. The average Bonchev–Trinajstić information content (AvgIpc) is 3.08. The highest BCUT2D eigenvalue weighted by molar-refractivity contribution is 5.77. The van der Waals surface area contributed by atoms with E-state index in [0.717, 1.165) is 32.5 Å². The average molecular weight is 424 g/mol. The number of alkyl halides is 3. The van der Waals surface area contributed by atoms with Crippen molar-refractivity contribution in [2.45, 2.75) is 32.0 Å². The van der Waals surface area contributed by atoms with Crippen LogP contribution < -0.4 is 5.32 Å². The molecule has 2 N–H and O–H groups in total. The summed E-state index contributed by atoms with van der Waals surface area (Å²) < 4.78 is 58.4. The number of piperidine rings is 1. The molecule has 0 radical (unpaired) electrons. The Labute approximate surface area is 169 Å². The maximum atomic E-state index is 14.4. The molecule has 30 heavy (non-hydrogen) atoms. The Kier molecular flexibility index (Phi) is 5.27. The van der Waals surface area contributed by atoms with Gasteiger partial charge in [-0.1, -0.05) is 6.92 Å². The van der Waals surface area contributed by atoms with Crippen molar-refractivity contribution in [1.29, 1.82) is 0 Å². The number of oxazole rings is 1. The molecule has 1 saturated heterocycles. The minimum Gasteiger partial charge on any atom is -0.507 e. The second-order valence-corrected chi connectivity index (χ2v) is 7.26. The van der Waals surface area contributed by atoms with Crippen molar-refractivity contribution in [3.05, 3.63) is 35.6 Å². The summed E-state index contributed by atoms with van der Waals surface area (Å²) in [5.74, 6) is -2.07. The fraction of sp³-hybridized carbons (Fsp3) is 0.400. The van der Waals surface area contributed by atoms with Crippen molar-refractivity contribution in [1.82, 2.24) is 14.9 Å². The number of benzene rings is 1. The van der Waals surface area contributed by atoms with Crippen LogP contribution in [0.15, 0.2) is 28.7 Å². The number of likely N-dealkylation sites (tertiary alicyclic amines) is 1. The SMILES string of the molecule is CCN1CCC[C@@H](Nc2nc3nc(-c4c(O)cc(C(F)(F)F)cc4F)ccc3o2)C1. The first-order valence-corrected chi connectivity index (χ1v) is 9.61. The quantitative estimate of drug-likeness (QED) is 0.594. The molecule has 2 aromatic heterocycles. The molecule has 10 heteroatoms. The molecule has 1 aliphatic rings. The van der Waals surface area contributed by atoms with E-state index in [1.165, 1.54) is 12.1 Å². The van der Waals surface area contributed by atoms with E-state index in [9.17, 15) is 22.7 Å². The second kappa shape index (κ2) is 7.75. The largest absolute Gasteiger partial charge is 0.507 e. The molecule has 3 heterocycles. The van der Waals surface area contributed by atoms with Gasteiger partial charge in [0.25, 0.3) is 6.01 Å². The minimum absolute atomic E-state index is 0.0408. The number of pyridine rings is 1. The lowest BCUT2D eigenvalue weighted by molar-refractivity contribution is -0.137.